The molecule has 9 nitrogen and oxygen atoms in total. The first kappa shape index (κ1) is 17.7. The minimum absolute atomic E-state index is 0.00723. The van der Waals surface area contributed by atoms with E-state index < -0.39 is 40.1 Å². The molecule has 24 heavy (non-hydrogen) atoms. The molecule has 0 N–H and O–H groups in total. The standard InChI is InChI=1S/C14H14N2O7S/c1-14(2,3)23-11(17)7-15-12(18)9(24-13(15)19)6-8-4-5-10(22-8)16(20)21/h4-6H,7H2,1-3H3. The Balaban J connectivity index is 2.11. The van der Waals surface area contributed by atoms with Crippen molar-refractivity contribution in [3.63, 3.8) is 0 Å². The number of imide groups is 1. The minimum Gasteiger partial charge on any atom is -0.459 e. The topological polar surface area (TPSA) is 120 Å². The molecule has 128 valence electrons. The Bertz CT molecular complexity index is 745. The molecule has 2 heterocycles. The van der Waals surface area contributed by atoms with Gasteiger partial charge < -0.3 is 9.15 Å². The number of rotatable bonds is 4. The van der Waals surface area contributed by atoms with Crippen LogP contribution in [0.4, 0.5) is 10.7 Å². The molecule has 1 aromatic rings. The molecule has 0 spiro atoms. The Labute approximate surface area is 140 Å². The van der Waals surface area contributed by atoms with Gasteiger partial charge in [0.1, 0.15) is 22.8 Å². The highest BCUT2D eigenvalue weighted by Crippen LogP contribution is 2.33. The fraction of sp³-hybridized carbons (Fsp3) is 0.357. The maximum absolute atomic E-state index is 12.2. The molecule has 1 aliphatic rings. The lowest BCUT2D eigenvalue weighted by molar-refractivity contribution is -0.402. The number of ether oxygens (including phenoxy) is 1. The van der Waals surface area contributed by atoms with E-state index in [1.807, 2.05) is 0 Å². The first-order chi connectivity index (χ1) is 11.1. The van der Waals surface area contributed by atoms with E-state index in [1.54, 1.807) is 20.8 Å². The van der Waals surface area contributed by atoms with E-state index in [9.17, 15) is 24.5 Å². The van der Waals surface area contributed by atoms with E-state index >= 15 is 0 Å². The molecular formula is C14H14N2O7S. The Morgan fingerprint density at radius 2 is 2.08 bits per heavy atom. The van der Waals surface area contributed by atoms with Crippen LogP contribution in [0.1, 0.15) is 26.5 Å². The molecule has 1 fully saturated rings. The quantitative estimate of drug-likeness (QED) is 0.350. The summed E-state index contributed by atoms with van der Waals surface area (Å²) in [5, 5.41) is 9.93. The zero-order chi connectivity index (χ0) is 18.1. The molecule has 2 amide bonds. The molecule has 0 radical (unpaired) electrons. The molecule has 10 heteroatoms. The molecule has 0 atom stereocenters. The summed E-state index contributed by atoms with van der Waals surface area (Å²) in [6, 6.07) is 2.44. The lowest BCUT2D eigenvalue weighted by Crippen LogP contribution is -2.37. The molecule has 1 saturated heterocycles. The molecule has 0 aromatic carbocycles. The maximum Gasteiger partial charge on any atom is 0.433 e. The molecule has 0 saturated carbocycles. The monoisotopic (exact) mass is 354 g/mol. The van der Waals surface area contributed by atoms with Crippen molar-refractivity contribution in [3.8, 4) is 0 Å². The molecule has 0 bridgehead atoms. The molecule has 1 aliphatic heterocycles. The first-order valence-corrected chi connectivity index (χ1v) is 7.60. The summed E-state index contributed by atoms with van der Waals surface area (Å²) in [4.78, 5) is 46.4. The Morgan fingerprint density at radius 1 is 1.42 bits per heavy atom. The third kappa shape index (κ3) is 4.22. The molecule has 1 aromatic heterocycles. The van der Waals surface area contributed by atoms with Crippen molar-refractivity contribution >= 4 is 40.8 Å². The summed E-state index contributed by atoms with van der Waals surface area (Å²) in [5.74, 6) is -1.81. The number of carbonyl (C=O) groups excluding carboxylic acids is 3. The van der Waals surface area contributed by atoms with Gasteiger partial charge in [-0.15, -0.1) is 0 Å². The van der Waals surface area contributed by atoms with Crippen LogP contribution in [0.2, 0.25) is 0 Å². The van der Waals surface area contributed by atoms with Crippen LogP contribution in [-0.2, 0) is 14.3 Å². The van der Waals surface area contributed by atoms with Crippen molar-refractivity contribution < 1.29 is 28.5 Å². The van der Waals surface area contributed by atoms with Crippen molar-refractivity contribution in [2.75, 3.05) is 6.54 Å². The van der Waals surface area contributed by atoms with Crippen LogP contribution < -0.4 is 0 Å². The average Bonchev–Trinajstić information content (AvgIpc) is 2.98. The van der Waals surface area contributed by atoms with E-state index in [0.29, 0.717) is 11.8 Å². The van der Waals surface area contributed by atoms with Gasteiger partial charge in [0.05, 0.1) is 11.0 Å². The van der Waals surface area contributed by atoms with E-state index in [4.69, 9.17) is 9.15 Å². The number of esters is 1. The van der Waals surface area contributed by atoms with Crippen LogP contribution >= 0.6 is 11.8 Å². The highest BCUT2D eigenvalue weighted by molar-refractivity contribution is 8.18. The maximum atomic E-state index is 12.2. The van der Waals surface area contributed by atoms with Crippen molar-refractivity contribution in [1.82, 2.24) is 4.90 Å². The van der Waals surface area contributed by atoms with E-state index in [-0.39, 0.29) is 10.7 Å². The largest absolute Gasteiger partial charge is 0.459 e. The van der Waals surface area contributed by atoms with Gasteiger partial charge in [0.2, 0.25) is 0 Å². The van der Waals surface area contributed by atoms with Crippen LogP contribution in [0.15, 0.2) is 21.5 Å². The van der Waals surface area contributed by atoms with E-state index in [2.05, 4.69) is 0 Å². The number of hydrogen-bond acceptors (Lipinski definition) is 8. The Morgan fingerprint density at radius 3 is 2.62 bits per heavy atom. The third-order valence-corrected chi connectivity index (χ3v) is 3.55. The van der Waals surface area contributed by atoms with Gasteiger partial charge in [0, 0.05) is 6.08 Å². The normalized spacial score (nSPS) is 16.8. The fourth-order valence-corrected chi connectivity index (χ4v) is 2.60. The predicted molar refractivity (Wildman–Crippen MR) is 83.9 cm³/mol. The first-order valence-electron chi connectivity index (χ1n) is 6.78. The summed E-state index contributed by atoms with van der Waals surface area (Å²) in [7, 11) is 0. The second-order valence-corrected chi connectivity index (χ2v) is 6.78. The number of nitro groups is 1. The second-order valence-electron chi connectivity index (χ2n) is 5.79. The van der Waals surface area contributed by atoms with Crippen LogP contribution in [0.5, 0.6) is 0 Å². The number of hydrogen-bond donors (Lipinski definition) is 0. The number of furan rings is 1. The molecule has 0 unspecified atom stereocenters. The summed E-state index contributed by atoms with van der Waals surface area (Å²) in [6.07, 6.45) is 1.22. The Kier molecular flexibility index (Phi) is 4.78. The SMILES string of the molecule is CC(C)(C)OC(=O)CN1C(=O)SC(=Cc2ccc([N+](=O)[O-])o2)C1=O. The molecular weight excluding hydrogens is 340 g/mol. The summed E-state index contributed by atoms with van der Waals surface area (Å²) in [5.41, 5.74) is -0.734. The van der Waals surface area contributed by atoms with Crippen molar-refractivity contribution in [2.24, 2.45) is 0 Å². The van der Waals surface area contributed by atoms with E-state index in [0.717, 1.165) is 11.0 Å². The van der Waals surface area contributed by atoms with Crippen molar-refractivity contribution in [2.45, 2.75) is 26.4 Å². The van der Waals surface area contributed by atoms with Crippen LogP contribution in [0, 0.1) is 10.1 Å². The van der Waals surface area contributed by atoms with Gasteiger partial charge in [-0.25, -0.2) is 0 Å². The fourth-order valence-electron chi connectivity index (χ4n) is 1.79. The summed E-state index contributed by atoms with van der Waals surface area (Å²) >= 11 is 0.615. The summed E-state index contributed by atoms with van der Waals surface area (Å²) < 4.78 is 9.98. The van der Waals surface area contributed by atoms with Gasteiger partial charge in [-0.3, -0.25) is 29.4 Å². The summed E-state index contributed by atoms with van der Waals surface area (Å²) in [6.45, 7) is 4.50. The van der Waals surface area contributed by atoms with Gasteiger partial charge in [0.25, 0.3) is 11.1 Å². The number of thioether (sulfide) groups is 1. The third-order valence-electron chi connectivity index (χ3n) is 2.65. The van der Waals surface area contributed by atoms with Gasteiger partial charge in [0.15, 0.2) is 0 Å². The minimum atomic E-state index is -0.734. The second kappa shape index (κ2) is 6.48. The van der Waals surface area contributed by atoms with Gasteiger partial charge in [-0.2, -0.15) is 0 Å². The predicted octanol–water partition coefficient (Wildman–Crippen LogP) is 2.57. The smallest absolute Gasteiger partial charge is 0.433 e. The molecule has 2 rings (SSSR count). The van der Waals surface area contributed by atoms with Crippen molar-refractivity contribution in [3.05, 3.63) is 32.9 Å². The van der Waals surface area contributed by atoms with Gasteiger partial charge >= 0.3 is 11.9 Å². The molecule has 0 aliphatic carbocycles. The lowest BCUT2D eigenvalue weighted by Gasteiger charge is -2.21. The zero-order valence-electron chi connectivity index (χ0n) is 13.1. The number of nitrogens with zero attached hydrogens (tertiary/aromatic N) is 2. The van der Waals surface area contributed by atoms with Crippen molar-refractivity contribution in [1.29, 1.82) is 0 Å². The highest BCUT2D eigenvalue weighted by atomic mass is 32.2. The number of carbonyl (C=O) groups is 3. The van der Waals surface area contributed by atoms with Crippen LogP contribution in [0.25, 0.3) is 6.08 Å². The zero-order valence-corrected chi connectivity index (χ0v) is 13.9. The lowest BCUT2D eigenvalue weighted by atomic mass is 10.2. The van der Waals surface area contributed by atoms with Crippen LogP contribution in [0.3, 0.4) is 0 Å². The highest BCUT2D eigenvalue weighted by Gasteiger charge is 2.37. The average molecular weight is 354 g/mol. The van der Waals surface area contributed by atoms with Gasteiger partial charge in [-0.1, -0.05) is 0 Å². The van der Waals surface area contributed by atoms with Gasteiger partial charge in [-0.05, 0) is 38.6 Å². The number of amides is 2. The Hall–Kier alpha value is -2.62. The van der Waals surface area contributed by atoms with Crippen LogP contribution in [-0.4, -0.2) is 39.1 Å². The van der Waals surface area contributed by atoms with E-state index in [1.165, 1.54) is 12.1 Å².